The van der Waals surface area contributed by atoms with Crippen molar-refractivity contribution in [1.29, 1.82) is 0 Å². The van der Waals surface area contributed by atoms with Crippen LogP contribution in [0.4, 0.5) is 0 Å². The highest BCUT2D eigenvalue weighted by Crippen LogP contribution is 2.26. The van der Waals surface area contributed by atoms with Crippen molar-refractivity contribution in [3.05, 3.63) is 109 Å². The molecule has 3 heterocycles. The molecule has 1 aliphatic heterocycles. The number of hydrogen-bond donors (Lipinski definition) is 0. The molecule has 0 atom stereocenters. The van der Waals surface area contributed by atoms with Crippen molar-refractivity contribution in [3.8, 4) is 11.5 Å². The van der Waals surface area contributed by atoms with E-state index in [4.69, 9.17) is 14.2 Å². The quantitative estimate of drug-likeness (QED) is 0.323. The molecule has 0 N–H and O–H groups in total. The fourth-order valence-electron chi connectivity index (χ4n) is 3.52. The first kappa shape index (κ1) is 25.3. The number of rotatable bonds is 8. The summed E-state index contributed by atoms with van der Waals surface area (Å²) < 4.78 is 43.4. The van der Waals surface area contributed by atoms with Crippen molar-refractivity contribution < 1.29 is 22.6 Å². The average molecular weight is 505 g/mol. The summed E-state index contributed by atoms with van der Waals surface area (Å²) in [5.74, 6) is 1.27. The molecule has 0 amide bonds. The molecule has 1 fully saturated rings. The fourth-order valence-corrected chi connectivity index (χ4v) is 5.11. The van der Waals surface area contributed by atoms with Crippen LogP contribution < -0.4 is 9.47 Å². The lowest BCUT2D eigenvalue weighted by atomic mass is 10.3. The van der Waals surface area contributed by atoms with E-state index >= 15 is 0 Å². The molecule has 2 aromatic carbocycles. The lowest BCUT2D eigenvalue weighted by molar-refractivity contribution is 0.198. The molecule has 0 aliphatic carbocycles. The Bertz CT molecular complexity index is 1230. The molecule has 7 nitrogen and oxygen atoms in total. The zero-order valence-electron chi connectivity index (χ0n) is 19.8. The molecule has 4 aromatic rings. The van der Waals surface area contributed by atoms with Gasteiger partial charge in [-0.25, -0.2) is 8.42 Å². The van der Waals surface area contributed by atoms with Crippen molar-refractivity contribution in [2.75, 3.05) is 13.2 Å². The van der Waals surface area contributed by atoms with Crippen LogP contribution in [0, 0.1) is 0 Å². The Labute approximate surface area is 211 Å². The SMILES string of the molecule is C1CCOC1.O=S(=O)(c1cccnc1COc1ccccc1)c1cccnc1COc1ccccc1. The maximum Gasteiger partial charge on any atom is 0.210 e. The predicted molar refractivity (Wildman–Crippen MR) is 136 cm³/mol. The van der Waals surface area contributed by atoms with Crippen molar-refractivity contribution in [1.82, 2.24) is 9.97 Å². The zero-order valence-corrected chi connectivity index (χ0v) is 20.6. The van der Waals surface area contributed by atoms with Gasteiger partial charge in [0.25, 0.3) is 0 Å². The Morgan fingerprint density at radius 3 is 1.47 bits per heavy atom. The van der Waals surface area contributed by atoms with E-state index in [1.165, 1.54) is 25.0 Å². The lowest BCUT2D eigenvalue weighted by Gasteiger charge is -2.13. The number of aromatic nitrogens is 2. The molecule has 1 saturated heterocycles. The Morgan fingerprint density at radius 2 is 1.08 bits per heavy atom. The second-order valence-electron chi connectivity index (χ2n) is 7.92. The van der Waals surface area contributed by atoms with Crippen molar-refractivity contribution >= 4 is 9.84 Å². The molecule has 8 heteroatoms. The number of nitrogens with zero attached hydrogens (tertiary/aromatic N) is 2. The van der Waals surface area contributed by atoms with E-state index in [2.05, 4.69) is 9.97 Å². The summed E-state index contributed by atoms with van der Waals surface area (Å²) in [6.45, 7) is 2.05. The maximum absolute atomic E-state index is 13.5. The van der Waals surface area contributed by atoms with Gasteiger partial charge in [0.15, 0.2) is 0 Å². The van der Waals surface area contributed by atoms with Crippen LogP contribution in [0.3, 0.4) is 0 Å². The van der Waals surface area contributed by atoms with Gasteiger partial charge in [0.1, 0.15) is 24.7 Å². The Morgan fingerprint density at radius 1 is 0.639 bits per heavy atom. The first-order valence-corrected chi connectivity index (χ1v) is 13.2. The lowest BCUT2D eigenvalue weighted by Crippen LogP contribution is -2.13. The average Bonchev–Trinajstić information content (AvgIpc) is 3.53. The smallest absolute Gasteiger partial charge is 0.210 e. The number of ether oxygens (including phenoxy) is 3. The minimum atomic E-state index is -3.89. The number of para-hydroxylation sites is 2. The Balaban J connectivity index is 0.000000543. The molecular weight excluding hydrogens is 476 g/mol. The normalized spacial score (nSPS) is 12.9. The summed E-state index contributed by atoms with van der Waals surface area (Å²) in [7, 11) is -3.89. The van der Waals surface area contributed by atoms with Crippen LogP contribution in [0.5, 0.6) is 11.5 Å². The van der Waals surface area contributed by atoms with Crippen molar-refractivity contribution in [2.45, 2.75) is 35.8 Å². The standard InChI is InChI=1S/C24H20N2O4S.C4H8O/c27-31(28,23-13-7-15-25-21(23)17-29-19-9-3-1-4-10-19)24-14-8-16-26-22(24)18-30-20-11-5-2-6-12-20;1-2-4-5-3-1/h1-16H,17-18H2;1-4H2. The van der Waals surface area contributed by atoms with Gasteiger partial charge in [-0.2, -0.15) is 0 Å². The first-order chi connectivity index (χ1) is 17.6. The van der Waals surface area contributed by atoms with E-state index in [0.29, 0.717) is 22.9 Å². The van der Waals surface area contributed by atoms with Gasteiger partial charge < -0.3 is 14.2 Å². The predicted octanol–water partition coefficient (Wildman–Crippen LogP) is 5.26. The van der Waals surface area contributed by atoms with Crippen molar-refractivity contribution in [2.24, 2.45) is 0 Å². The van der Waals surface area contributed by atoms with Crippen LogP contribution in [0.2, 0.25) is 0 Å². The Hall–Kier alpha value is -3.75. The fraction of sp³-hybridized carbons (Fsp3) is 0.214. The Kier molecular flexibility index (Phi) is 9.02. The van der Waals surface area contributed by atoms with Crippen LogP contribution in [-0.2, 0) is 27.8 Å². The molecule has 1 aliphatic rings. The molecule has 2 aromatic heterocycles. The number of pyridine rings is 2. The summed E-state index contributed by atoms with van der Waals surface area (Å²) in [5, 5.41) is 0. The first-order valence-electron chi connectivity index (χ1n) is 11.7. The van der Waals surface area contributed by atoms with Gasteiger partial charge in [-0.15, -0.1) is 0 Å². The van der Waals surface area contributed by atoms with E-state index in [0.717, 1.165) is 13.2 Å². The van der Waals surface area contributed by atoms with Crippen molar-refractivity contribution in [3.63, 3.8) is 0 Å². The van der Waals surface area contributed by atoms with Crippen LogP contribution in [-0.4, -0.2) is 31.6 Å². The second kappa shape index (κ2) is 12.8. The summed E-state index contributed by atoms with van der Waals surface area (Å²) in [4.78, 5) is 8.67. The van der Waals surface area contributed by atoms with Gasteiger partial charge in [-0.05, 0) is 61.4 Å². The van der Waals surface area contributed by atoms with Gasteiger partial charge >= 0.3 is 0 Å². The molecule has 0 bridgehead atoms. The number of sulfone groups is 1. The minimum absolute atomic E-state index is 0.0233. The third kappa shape index (κ3) is 6.90. The molecule has 0 spiro atoms. The monoisotopic (exact) mass is 504 g/mol. The van der Waals surface area contributed by atoms with Crippen LogP contribution in [0.1, 0.15) is 24.2 Å². The third-order valence-corrected chi connectivity index (χ3v) is 7.24. The van der Waals surface area contributed by atoms with E-state index in [1.54, 1.807) is 48.8 Å². The van der Waals surface area contributed by atoms with Gasteiger partial charge in [-0.1, -0.05) is 36.4 Å². The number of benzene rings is 2. The van der Waals surface area contributed by atoms with Crippen LogP contribution in [0.25, 0.3) is 0 Å². The van der Waals surface area contributed by atoms with Gasteiger partial charge in [-0.3, -0.25) is 9.97 Å². The number of hydrogen-bond acceptors (Lipinski definition) is 7. The van der Waals surface area contributed by atoms with E-state index in [1.807, 2.05) is 36.4 Å². The van der Waals surface area contributed by atoms with E-state index in [9.17, 15) is 8.42 Å². The van der Waals surface area contributed by atoms with E-state index < -0.39 is 9.84 Å². The zero-order chi connectivity index (χ0) is 25.1. The van der Waals surface area contributed by atoms with Crippen LogP contribution in [0.15, 0.2) is 107 Å². The summed E-state index contributed by atoms with van der Waals surface area (Å²) in [5.41, 5.74) is 0.648. The molecule has 0 saturated carbocycles. The largest absolute Gasteiger partial charge is 0.487 e. The minimum Gasteiger partial charge on any atom is -0.487 e. The molecular formula is C28H28N2O5S. The second-order valence-corrected chi connectivity index (χ2v) is 9.81. The van der Waals surface area contributed by atoms with E-state index in [-0.39, 0.29) is 23.0 Å². The highest BCUT2D eigenvalue weighted by molar-refractivity contribution is 7.91. The maximum atomic E-state index is 13.5. The molecule has 186 valence electrons. The summed E-state index contributed by atoms with van der Waals surface area (Å²) in [6.07, 6.45) is 5.65. The summed E-state index contributed by atoms with van der Waals surface area (Å²) >= 11 is 0. The van der Waals surface area contributed by atoms with Gasteiger partial charge in [0.2, 0.25) is 9.84 Å². The molecule has 0 unspecified atom stereocenters. The van der Waals surface area contributed by atoms with Crippen LogP contribution >= 0.6 is 0 Å². The third-order valence-electron chi connectivity index (χ3n) is 5.34. The highest BCUT2D eigenvalue weighted by Gasteiger charge is 2.26. The molecule has 36 heavy (non-hydrogen) atoms. The molecule has 5 rings (SSSR count). The van der Waals surface area contributed by atoms with Gasteiger partial charge in [0, 0.05) is 25.6 Å². The molecule has 0 radical (unpaired) electrons. The summed E-state index contributed by atoms with van der Waals surface area (Å²) in [6, 6.07) is 24.6. The highest BCUT2D eigenvalue weighted by atomic mass is 32.2. The van der Waals surface area contributed by atoms with Gasteiger partial charge in [0.05, 0.1) is 21.2 Å². The topological polar surface area (TPSA) is 87.6 Å².